The van der Waals surface area contributed by atoms with E-state index in [1.807, 2.05) is 0 Å². The zero-order valence-electron chi connectivity index (χ0n) is 12.8. The molecule has 21 heavy (non-hydrogen) atoms. The van der Waals surface area contributed by atoms with Gasteiger partial charge in [-0.1, -0.05) is 19.8 Å². The van der Waals surface area contributed by atoms with E-state index in [-0.39, 0.29) is 0 Å². The molecule has 0 aromatic carbocycles. The molecule has 116 valence electrons. The van der Waals surface area contributed by atoms with Crippen molar-refractivity contribution in [3.05, 3.63) is 18.1 Å². The highest BCUT2D eigenvalue weighted by Crippen LogP contribution is 2.43. The molecule has 3 aliphatic heterocycles. The molecule has 3 saturated heterocycles. The van der Waals surface area contributed by atoms with Crippen LogP contribution < -0.4 is 0 Å². The number of aromatic nitrogens is 2. The number of aliphatic hydroxyl groups is 1. The quantitative estimate of drug-likeness (QED) is 0.647. The summed E-state index contributed by atoms with van der Waals surface area (Å²) in [6.07, 6.45) is 9.31. The number of unbranched alkanes of at least 4 members (excludes halogenated alkanes) is 2. The molecule has 1 unspecified atom stereocenters. The lowest BCUT2D eigenvalue weighted by Crippen LogP contribution is -2.57. The van der Waals surface area contributed by atoms with Crippen molar-refractivity contribution in [1.29, 1.82) is 0 Å². The standard InChI is InChI=1S/C16H25N3OS/c1-2-3-4-11-21-15-14(17-7-8-18-15)16(20)12-19-9-5-13(16)6-10-19/h7-8,13,20H,2-6,9-12H2,1H3. The molecule has 0 aliphatic carbocycles. The van der Waals surface area contributed by atoms with Crippen molar-refractivity contribution in [2.24, 2.45) is 5.92 Å². The Morgan fingerprint density at radius 2 is 2.05 bits per heavy atom. The summed E-state index contributed by atoms with van der Waals surface area (Å²) in [6.45, 7) is 5.17. The molecule has 2 bridgehead atoms. The number of rotatable bonds is 6. The van der Waals surface area contributed by atoms with Crippen molar-refractivity contribution in [2.75, 3.05) is 25.4 Å². The molecule has 4 rings (SSSR count). The Bertz CT molecular complexity index is 476. The maximum absolute atomic E-state index is 11.3. The number of nitrogens with zero attached hydrogens (tertiary/aromatic N) is 3. The van der Waals surface area contributed by atoms with Crippen LogP contribution >= 0.6 is 11.8 Å². The largest absolute Gasteiger partial charge is 0.382 e. The first-order valence-electron chi connectivity index (χ1n) is 8.13. The van der Waals surface area contributed by atoms with Crippen LogP contribution in [0.3, 0.4) is 0 Å². The van der Waals surface area contributed by atoms with Gasteiger partial charge in [0.1, 0.15) is 16.3 Å². The molecule has 3 aliphatic rings. The minimum absolute atomic E-state index is 0.342. The van der Waals surface area contributed by atoms with E-state index < -0.39 is 5.60 Å². The van der Waals surface area contributed by atoms with Gasteiger partial charge in [-0.05, 0) is 44.0 Å². The van der Waals surface area contributed by atoms with Crippen molar-refractivity contribution in [3.8, 4) is 0 Å². The molecule has 0 radical (unpaired) electrons. The third kappa shape index (κ3) is 3.10. The highest BCUT2D eigenvalue weighted by molar-refractivity contribution is 7.99. The van der Waals surface area contributed by atoms with Gasteiger partial charge in [-0.25, -0.2) is 4.98 Å². The number of piperidine rings is 3. The van der Waals surface area contributed by atoms with Crippen LogP contribution in [0.5, 0.6) is 0 Å². The summed E-state index contributed by atoms with van der Waals surface area (Å²) in [5.41, 5.74) is 0.0265. The van der Waals surface area contributed by atoms with Crippen molar-refractivity contribution in [2.45, 2.75) is 49.7 Å². The molecule has 4 nitrogen and oxygen atoms in total. The highest BCUT2D eigenvalue weighted by Gasteiger charge is 2.48. The van der Waals surface area contributed by atoms with Crippen LogP contribution in [-0.4, -0.2) is 45.4 Å². The van der Waals surface area contributed by atoms with Crippen LogP contribution in [0.2, 0.25) is 0 Å². The zero-order chi connectivity index (χ0) is 14.7. The molecule has 0 saturated carbocycles. The Labute approximate surface area is 131 Å². The van der Waals surface area contributed by atoms with Crippen molar-refractivity contribution >= 4 is 11.8 Å². The number of hydrogen-bond acceptors (Lipinski definition) is 5. The SMILES string of the molecule is CCCCCSc1nccnc1C1(O)CN2CCC1CC2. The lowest BCUT2D eigenvalue weighted by molar-refractivity contribution is -0.122. The first kappa shape index (κ1) is 15.3. The lowest BCUT2D eigenvalue weighted by Gasteiger charge is -2.50. The van der Waals surface area contributed by atoms with Crippen molar-refractivity contribution in [1.82, 2.24) is 14.9 Å². The number of hydrogen-bond donors (Lipinski definition) is 1. The third-order valence-electron chi connectivity index (χ3n) is 4.79. The minimum Gasteiger partial charge on any atom is -0.382 e. The van der Waals surface area contributed by atoms with E-state index in [1.165, 1.54) is 19.3 Å². The predicted octanol–water partition coefficient (Wildman–Crippen LogP) is 2.67. The Balaban J connectivity index is 1.78. The Kier molecular flexibility index (Phi) is 4.82. The summed E-state index contributed by atoms with van der Waals surface area (Å²) in [5.74, 6) is 1.40. The molecule has 0 spiro atoms. The van der Waals surface area contributed by atoms with Gasteiger partial charge in [-0.3, -0.25) is 4.98 Å². The second-order valence-corrected chi connectivity index (χ2v) is 7.32. The molecule has 5 heteroatoms. The van der Waals surface area contributed by atoms with E-state index in [4.69, 9.17) is 0 Å². The minimum atomic E-state index is -0.794. The maximum atomic E-state index is 11.3. The van der Waals surface area contributed by atoms with E-state index in [9.17, 15) is 5.11 Å². The Hall–Kier alpha value is -0.650. The summed E-state index contributed by atoms with van der Waals surface area (Å²) in [5, 5.41) is 12.2. The average molecular weight is 307 g/mol. The van der Waals surface area contributed by atoms with E-state index in [2.05, 4.69) is 21.8 Å². The summed E-state index contributed by atoms with van der Waals surface area (Å²) in [4.78, 5) is 11.4. The van der Waals surface area contributed by atoms with Gasteiger partial charge in [0, 0.05) is 18.9 Å². The van der Waals surface area contributed by atoms with Gasteiger partial charge in [0.2, 0.25) is 0 Å². The van der Waals surface area contributed by atoms with Gasteiger partial charge in [-0.15, -0.1) is 11.8 Å². The third-order valence-corrected chi connectivity index (χ3v) is 5.85. The Morgan fingerprint density at radius 3 is 2.71 bits per heavy atom. The van der Waals surface area contributed by atoms with Crippen LogP contribution in [0.25, 0.3) is 0 Å². The number of fused-ring (bicyclic) bond motifs is 3. The fraction of sp³-hybridized carbons (Fsp3) is 0.750. The van der Waals surface area contributed by atoms with Crippen molar-refractivity contribution in [3.63, 3.8) is 0 Å². The van der Waals surface area contributed by atoms with Gasteiger partial charge in [-0.2, -0.15) is 0 Å². The monoisotopic (exact) mass is 307 g/mol. The second-order valence-electron chi connectivity index (χ2n) is 6.24. The summed E-state index contributed by atoms with van der Waals surface area (Å²) < 4.78 is 0. The first-order valence-corrected chi connectivity index (χ1v) is 9.11. The molecule has 1 aromatic rings. The topological polar surface area (TPSA) is 49.3 Å². The highest BCUT2D eigenvalue weighted by atomic mass is 32.2. The predicted molar refractivity (Wildman–Crippen MR) is 85.3 cm³/mol. The fourth-order valence-electron chi connectivity index (χ4n) is 3.56. The molecule has 4 heterocycles. The molecule has 3 fully saturated rings. The smallest absolute Gasteiger partial charge is 0.125 e. The molecular weight excluding hydrogens is 282 g/mol. The fourth-order valence-corrected chi connectivity index (χ4v) is 4.60. The lowest BCUT2D eigenvalue weighted by atomic mass is 9.73. The van der Waals surface area contributed by atoms with E-state index in [0.29, 0.717) is 5.92 Å². The van der Waals surface area contributed by atoms with Gasteiger partial charge in [0.25, 0.3) is 0 Å². The van der Waals surface area contributed by atoms with Crippen LogP contribution in [0, 0.1) is 5.92 Å². The van der Waals surface area contributed by atoms with Crippen LogP contribution in [0.4, 0.5) is 0 Å². The molecule has 1 aromatic heterocycles. The van der Waals surface area contributed by atoms with Gasteiger partial charge in [0.05, 0.1) is 0 Å². The summed E-state index contributed by atoms with van der Waals surface area (Å²) >= 11 is 1.75. The van der Waals surface area contributed by atoms with Crippen molar-refractivity contribution < 1.29 is 5.11 Å². The van der Waals surface area contributed by atoms with Crippen LogP contribution in [-0.2, 0) is 5.60 Å². The molecular formula is C16H25N3OS. The zero-order valence-corrected chi connectivity index (χ0v) is 13.6. The molecule has 1 N–H and O–H groups in total. The van der Waals surface area contributed by atoms with E-state index in [0.717, 1.165) is 48.9 Å². The second kappa shape index (κ2) is 6.63. The summed E-state index contributed by atoms with van der Waals surface area (Å²) in [6, 6.07) is 0. The first-order chi connectivity index (χ1) is 10.2. The average Bonchev–Trinajstić information content (AvgIpc) is 2.53. The molecule has 0 amide bonds. The van der Waals surface area contributed by atoms with Gasteiger partial charge in [0.15, 0.2) is 0 Å². The van der Waals surface area contributed by atoms with Crippen LogP contribution in [0.15, 0.2) is 17.4 Å². The van der Waals surface area contributed by atoms with Gasteiger partial charge < -0.3 is 10.0 Å². The normalized spacial score (nSPS) is 31.5. The van der Waals surface area contributed by atoms with E-state index >= 15 is 0 Å². The Morgan fingerprint density at radius 1 is 1.29 bits per heavy atom. The van der Waals surface area contributed by atoms with Gasteiger partial charge >= 0.3 is 0 Å². The molecule has 1 atom stereocenters. The van der Waals surface area contributed by atoms with E-state index in [1.54, 1.807) is 24.2 Å². The maximum Gasteiger partial charge on any atom is 0.125 e. The number of thioether (sulfide) groups is 1. The van der Waals surface area contributed by atoms with Crippen LogP contribution in [0.1, 0.15) is 44.7 Å². The summed E-state index contributed by atoms with van der Waals surface area (Å²) in [7, 11) is 0.